The summed E-state index contributed by atoms with van der Waals surface area (Å²) in [7, 11) is 1.47. The molecular weight excluding hydrogens is 414 g/mol. The highest BCUT2D eigenvalue weighted by Gasteiger charge is 2.38. The average molecular weight is 431 g/mol. The molecule has 0 unspecified atom stereocenters. The molecule has 1 heterocycles. The first-order valence-electron chi connectivity index (χ1n) is 9.33. The number of imide groups is 1. The molecule has 0 saturated carbocycles. The van der Waals surface area contributed by atoms with Gasteiger partial charge in [0, 0.05) is 0 Å². The summed E-state index contributed by atoms with van der Waals surface area (Å²) in [4.78, 5) is 39.6. The number of benzene rings is 3. The Balaban J connectivity index is 1.57. The molecular formula is C23H17N3O4S. The maximum atomic E-state index is 13.1. The summed E-state index contributed by atoms with van der Waals surface area (Å²) in [5.74, 6) is -0.939. The number of nitrogens with zero attached hydrogens (tertiary/aromatic N) is 1. The van der Waals surface area contributed by atoms with Gasteiger partial charge in [-0.1, -0.05) is 36.4 Å². The molecule has 0 radical (unpaired) electrons. The van der Waals surface area contributed by atoms with Gasteiger partial charge < -0.3 is 10.1 Å². The number of para-hydroxylation sites is 2. The monoisotopic (exact) mass is 431 g/mol. The van der Waals surface area contributed by atoms with Gasteiger partial charge in [-0.25, -0.2) is 4.90 Å². The fourth-order valence-corrected chi connectivity index (χ4v) is 3.56. The number of amides is 3. The molecule has 0 spiro atoms. The van der Waals surface area contributed by atoms with Crippen molar-refractivity contribution >= 4 is 46.4 Å². The normalized spacial score (nSPS) is 12.4. The van der Waals surface area contributed by atoms with E-state index in [1.54, 1.807) is 72.8 Å². The van der Waals surface area contributed by atoms with Crippen molar-refractivity contribution in [3.05, 3.63) is 89.5 Å². The lowest BCUT2D eigenvalue weighted by Crippen LogP contribution is -2.35. The smallest absolute Gasteiger partial charge is 0.268 e. The van der Waals surface area contributed by atoms with Crippen LogP contribution in [-0.4, -0.2) is 29.9 Å². The third kappa shape index (κ3) is 3.76. The van der Waals surface area contributed by atoms with Crippen LogP contribution in [0.25, 0.3) is 0 Å². The van der Waals surface area contributed by atoms with Crippen LogP contribution < -0.4 is 20.3 Å². The molecule has 1 aliphatic rings. The summed E-state index contributed by atoms with van der Waals surface area (Å²) in [5, 5.41) is 5.42. The molecule has 4 rings (SSSR count). The minimum absolute atomic E-state index is 0.0114. The van der Waals surface area contributed by atoms with Gasteiger partial charge in [-0.15, -0.1) is 0 Å². The second-order valence-electron chi connectivity index (χ2n) is 6.62. The van der Waals surface area contributed by atoms with Crippen LogP contribution in [0.4, 0.5) is 11.4 Å². The number of anilines is 2. The van der Waals surface area contributed by atoms with Gasteiger partial charge in [0.25, 0.3) is 17.7 Å². The quantitative estimate of drug-likeness (QED) is 0.485. The number of nitrogens with one attached hydrogen (secondary N) is 2. The Bertz CT molecular complexity index is 1210. The summed E-state index contributed by atoms with van der Waals surface area (Å²) in [6.45, 7) is 0. The van der Waals surface area contributed by atoms with Crippen LogP contribution >= 0.6 is 12.2 Å². The molecule has 0 bridgehead atoms. The average Bonchev–Trinajstić information content (AvgIpc) is 3.05. The van der Waals surface area contributed by atoms with Crippen LogP contribution in [-0.2, 0) is 0 Å². The molecule has 3 amide bonds. The predicted molar refractivity (Wildman–Crippen MR) is 121 cm³/mol. The van der Waals surface area contributed by atoms with Crippen molar-refractivity contribution in [3.63, 3.8) is 0 Å². The fraction of sp³-hybridized carbons (Fsp3) is 0.0435. The van der Waals surface area contributed by atoms with E-state index < -0.39 is 17.7 Å². The Morgan fingerprint density at radius 2 is 1.61 bits per heavy atom. The van der Waals surface area contributed by atoms with Crippen molar-refractivity contribution in [1.82, 2.24) is 5.32 Å². The van der Waals surface area contributed by atoms with Gasteiger partial charge in [0.15, 0.2) is 5.11 Å². The van der Waals surface area contributed by atoms with Gasteiger partial charge in [0.05, 0.1) is 35.2 Å². The highest BCUT2D eigenvalue weighted by Crippen LogP contribution is 2.32. The molecule has 8 heteroatoms. The lowest BCUT2D eigenvalue weighted by Gasteiger charge is -2.14. The molecule has 2 N–H and O–H groups in total. The SMILES string of the molecule is COc1ccccc1C(=O)NC(=S)Nc1cccc2c1C(=O)N(c1ccccc1)C2=O. The third-order valence-corrected chi connectivity index (χ3v) is 4.96. The van der Waals surface area contributed by atoms with E-state index in [9.17, 15) is 14.4 Å². The summed E-state index contributed by atoms with van der Waals surface area (Å²) in [5.41, 5.74) is 1.59. The van der Waals surface area contributed by atoms with E-state index in [4.69, 9.17) is 17.0 Å². The Hall–Kier alpha value is -4.04. The maximum absolute atomic E-state index is 13.1. The van der Waals surface area contributed by atoms with Crippen LogP contribution in [0.5, 0.6) is 5.75 Å². The number of thiocarbonyl (C=S) groups is 1. The fourth-order valence-electron chi connectivity index (χ4n) is 3.36. The molecule has 7 nitrogen and oxygen atoms in total. The van der Waals surface area contributed by atoms with Gasteiger partial charge >= 0.3 is 0 Å². The molecule has 0 aromatic heterocycles. The molecule has 0 saturated heterocycles. The summed E-state index contributed by atoms with van der Waals surface area (Å²) >= 11 is 5.26. The number of carbonyl (C=O) groups excluding carboxylic acids is 3. The second-order valence-corrected chi connectivity index (χ2v) is 7.03. The summed E-state index contributed by atoms with van der Waals surface area (Å²) < 4.78 is 5.19. The van der Waals surface area contributed by atoms with Crippen LogP contribution in [0.1, 0.15) is 31.1 Å². The number of methoxy groups -OCH3 is 1. The number of hydrogen-bond donors (Lipinski definition) is 2. The van der Waals surface area contributed by atoms with Crippen molar-refractivity contribution in [2.45, 2.75) is 0 Å². The molecule has 0 aliphatic carbocycles. The second kappa shape index (κ2) is 8.37. The topological polar surface area (TPSA) is 87.7 Å². The first-order chi connectivity index (χ1) is 15.0. The largest absolute Gasteiger partial charge is 0.496 e. The zero-order chi connectivity index (χ0) is 22.0. The predicted octanol–water partition coefficient (Wildman–Crippen LogP) is 3.62. The van der Waals surface area contributed by atoms with Gasteiger partial charge in [-0.3, -0.25) is 19.7 Å². The minimum Gasteiger partial charge on any atom is -0.496 e. The minimum atomic E-state index is -0.465. The maximum Gasteiger partial charge on any atom is 0.268 e. The van der Waals surface area contributed by atoms with E-state index in [1.807, 2.05) is 0 Å². The Kier molecular flexibility index (Phi) is 5.46. The van der Waals surface area contributed by atoms with Crippen molar-refractivity contribution in [1.29, 1.82) is 0 Å². The van der Waals surface area contributed by atoms with E-state index in [2.05, 4.69) is 10.6 Å². The van der Waals surface area contributed by atoms with Crippen molar-refractivity contribution in [3.8, 4) is 5.75 Å². The first-order valence-corrected chi connectivity index (χ1v) is 9.74. The summed E-state index contributed by atoms with van der Waals surface area (Å²) in [6, 6.07) is 20.3. The standard InChI is InChI=1S/C23H17N3O4S/c1-30-18-13-6-5-10-15(18)20(27)25-23(31)24-17-12-7-11-16-19(17)22(29)26(21(16)28)14-8-3-2-4-9-14/h2-13H,1H3,(H2,24,25,27,31). The number of fused-ring (bicyclic) bond motifs is 1. The Morgan fingerprint density at radius 3 is 2.35 bits per heavy atom. The number of hydrogen-bond acceptors (Lipinski definition) is 5. The highest BCUT2D eigenvalue weighted by atomic mass is 32.1. The Morgan fingerprint density at radius 1 is 0.903 bits per heavy atom. The van der Waals surface area contributed by atoms with Crippen LogP contribution in [0.2, 0.25) is 0 Å². The molecule has 154 valence electrons. The van der Waals surface area contributed by atoms with Crippen molar-refractivity contribution in [2.24, 2.45) is 0 Å². The highest BCUT2D eigenvalue weighted by molar-refractivity contribution is 7.80. The molecule has 3 aromatic carbocycles. The van der Waals surface area contributed by atoms with Crippen molar-refractivity contribution in [2.75, 3.05) is 17.3 Å². The number of ether oxygens (including phenoxy) is 1. The van der Waals surface area contributed by atoms with Crippen LogP contribution in [0.15, 0.2) is 72.8 Å². The van der Waals surface area contributed by atoms with E-state index in [1.165, 1.54) is 7.11 Å². The van der Waals surface area contributed by atoms with Gasteiger partial charge in [0.1, 0.15) is 5.75 Å². The molecule has 1 aliphatic heterocycles. The molecule has 31 heavy (non-hydrogen) atoms. The molecule has 0 fully saturated rings. The van der Waals surface area contributed by atoms with Crippen LogP contribution in [0.3, 0.4) is 0 Å². The van der Waals surface area contributed by atoms with E-state index in [0.717, 1.165) is 4.90 Å². The van der Waals surface area contributed by atoms with Gasteiger partial charge in [-0.05, 0) is 48.6 Å². The zero-order valence-electron chi connectivity index (χ0n) is 16.4. The first kappa shape index (κ1) is 20.2. The lowest BCUT2D eigenvalue weighted by atomic mass is 10.1. The Labute approximate surface area is 183 Å². The van der Waals surface area contributed by atoms with E-state index >= 15 is 0 Å². The van der Waals surface area contributed by atoms with Gasteiger partial charge in [0.2, 0.25) is 0 Å². The third-order valence-electron chi connectivity index (χ3n) is 4.76. The molecule has 3 aromatic rings. The lowest BCUT2D eigenvalue weighted by molar-refractivity contribution is 0.0924. The number of rotatable bonds is 4. The van der Waals surface area contributed by atoms with E-state index in [-0.39, 0.29) is 16.2 Å². The molecule has 0 atom stereocenters. The van der Waals surface area contributed by atoms with Crippen molar-refractivity contribution < 1.29 is 19.1 Å². The van der Waals surface area contributed by atoms with E-state index in [0.29, 0.717) is 22.7 Å². The summed E-state index contributed by atoms with van der Waals surface area (Å²) in [6.07, 6.45) is 0. The zero-order valence-corrected chi connectivity index (χ0v) is 17.2. The van der Waals surface area contributed by atoms with Crippen LogP contribution in [0, 0.1) is 0 Å². The number of carbonyl (C=O) groups is 3. The van der Waals surface area contributed by atoms with Gasteiger partial charge in [-0.2, -0.15) is 0 Å².